The zero-order valence-electron chi connectivity index (χ0n) is 15.3. The predicted molar refractivity (Wildman–Crippen MR) is 104 cm³/mol. The van der Waals surface area contributed by atoms with Crippen LogP contribution in [0.15, 0.2) is 47.1 Å². The highest BCUT2D eigenvalue weighted by Crippen LogP contribution is 2.26. The number of hydrogen-bond donors (Lipinski definition) is 1. The molecule has 1 fully saturated rings. The summed E-state index contributed by atoms with van der Waals surface area (Å²) in [5.74, 6) is -0.0380. The second-order valence-corrected chi connectivity index (χ2v) is 6.92. The molecule has 2 N–H and O–H groups in total. The molecule has 8 heteroatoms. The fourth-order valence-corrected chi connectivity index (χ4v) is 3.70. The van der Waals surface area contributed by atoms with E-state index in [0.717, 1.165) is 23.2 Å². The van der Waals surface area contributed by atoms with Crippen molar-refractivity contribution in [3.63, 3.8) is 0 Å². The Bertz CT molecular complexity index is 1200. The van der Waals surface area contributed by atoms with Gasteiger partial charge in [0.1, 0.15) is 16.9 Å². The van der Waals surface area contributed by atoms with Gasteiger partial charge in [0, 0.05) is 26.4 Å². The Morgan fingerprint density at radius 2 is 2.14 bits per heavy atom. The average Bonchev–Trinajstić information content (AvgIpc) is 3.43. The van der Waals surface area contributed by atoms with Gasteiger partial charge in [-0.05, 0) is 41.8 Å². The minimum absolute atomic E-state index is 0.0380. The first-order chi connectivity index (χ1) is 13.6. The van der Waals surface area contributed by atoms with Crippen LogP contribution in [0.5, 0.6) is 0 Å². The maximum Gasteiger partial charge on any atom is 0.292 e. The number of rotatable bonds is 3. The Labute approximate surface area is 160 Å². The van der Waals surface area contributed by atoms with E-state index in [2.05, 4.69) is 9.97 Å². The SMILES string of the molecule is CO[C@H]1CCN(C(=O)c2cnc3ccc(-c4ccc5oc(N)nc5c4)cn23)C1. The summed E-state index contributed by atoms with van der Waals surface area (Å²) in [5.41, 5.74) is 10.1. The van der Waals surface area contributed by atoms with Gasteiger partial charge in [-0.2, -0.15) is 4.98 Å². The fraction of sp³-hybridized carbons (Fsp3) is 0.250. The van der Waals surface area contributed by atoms with Crippen LogP contribution in [0.25, 0.3) is 27.9 Å². The zero-order chi connectivity index (χ0) is 19.3. The number of oxazole rings is 1. The maximum atomic E-state index is 13.0. The first-order valence-electron chi connectivity index (χ1n) is 9.08. The summed E-state index contributed by atoms with van der Waals surface area (Å²) in [6.45, 7) is 1.29. The molecule has 0 aliphatic carbocycles. The van der Waals surface area contributed by atoms with E-state index in [9.17, 15) is 4.79 Å². The molecule has 0 saturated carbocycles. The van der Waals surface area contributed by atoms with Gasteiger partial charge in [-0.15, -0.1) is 0 Å². The lowest BCUT2D eigenvalue weighted by Gasteiger charge is -2.16. The molecule has 5 rings (SSSR count). The number of pyridine rings is 1. The minimum atomic E-state index is -0.0380. The van der Waals surface area contributed by atoms with E-state index in [1.807, 2.05) is 45.8 Å². The van der Waals surface area contributed by atoms with Crippen LogP contribution >= 0.6 is 0 Å². The van der Waals surface area contributed by atoms with Crippen LogP contribution in [0.1, 0.15) is 16.9 Å². The largest absolute Gasteiger partial charge is 0.424 e. The van der Waals surface area contributed by atoms with Gasteiger partial charge in [0.15, 0.2) is 5.58 Å². The van der Waals surface area contributed by atoms with Crippen LogP contribution in [0, 0.1) is 0 Å². The topological polar surface area (TPSA) is 98.9 Å². The quantitative estimate of drug-likeness (QED) is 0.589. The summed E-state index contributed by atoms with van der Waals surface area (Å²) in [5, 5.41) is 0. The monoisotopic (exact) mass is 377 g/mol. The number of fused-ring (bicyclic) bond motifs is 2. The van der Waals surface area contributed by atoms with Crippen LogP contribution < -0.4 is 5.73 Å². The normalized spacial score (nSPS) is 17.0. The number of likely N-dealkylation sites (tertiary alicyclic amines) is 1. The molecule has 1 aliphatic heterocycles. The molecule has 4 aromatic rings. The molecular weight excluding hydrogens is 358 g/mol. The fourth-order valence-electron chi connectivity index (χ4n) is 3.70. The van der Waals surface area contributed by atoms with Crippen molar-refractivity contribution in [2.24, 2.45) is 0 Å². The molecule has 0 radical (unpaired) electrons. The van der Waals surface area contributed by atoms with E-state index in [1.54, 1.807) is 13.3 Å². The van der Waals surface area contributed by atoms with E-state index < -0.39 is 0 Å². The van der Waals surface area contributed by atoms with Gasteiger partial charge in [0.2, 0.25) is 0 Å². The molecule has 1 saturated heterocycles. The number of carbonyl (C=O) groups is 1. The number of benzene rings is 1. The van der Waals surface area contributed by atoms with E-state index in [1.165, 1.54) is 0 Å². The number of hydrogen-bond acceptors (Lipinski definition) is 6. The van der Waals surface area contributed by atoms with Gasteiger partial charge < -0.3 is 19.8 Å². The van der Waals surface area contributed by atoms with Gasteiger partial charge in [0.25, 0.3) is 11.9 Å². The van der Waals surface area contributed by atoms with E-state index >= 15 is 0 Å². The van der Waals surface area contributed by atoms with Gasteiger partial charge in [-0.3, -0.25) is 9.20 Å². The molecule has 8 nitrogen and oxygen atoms in total. The summed E-state index contributed by atoms with van der Waals surface area (Å²) >= 11 is 0. The number of ether oxygens (including phenoxy) is 1. The molecular formula is C20H19N5O3. The summed E-state index contributed by atoms with van der Waals surface area (Å²) in [6.07, 6.45) is 4.50. The lowest BCUT2D eigenvalue weighted by atomic mass is 10.1. The van der Waals surface area contributed by atoms with Gasteiger partial charge in [0.05, 0.1) is 12.3 Å². The van der Waals surface area contributed by atoms with Gasteiger partial charge in [-0.25, -0.2) is 4.98 Å². The first-order valence-corrected chi connectivity index (χ1v) is 9.08. The average molecular weight is 377 g/mol. The number of nitrogen functional groups attached to an aromatic ring is 1. The third-order valence-electron chi connectivity index (χ3n) is 5.23. The summed E-state index contributed by atoms with van der Waals surface area (Å²) in [6, 6.07) is 9.71. The third-order valence-corrected chi connectivity index (χ3v) is 5.23. The highest BCUT2D eigenvalue weighted by molar-refractivity contribution is 5.93. The number of nitrogens with zero attached hydrogens (tertiary/aromatic N) is 4. The minimum Gasteiger partial charge on any atom is -0.424 e. The smallest absolute Gasteiger partial charge is 0.292 e. The van der Waals surface area contributed by atoms with E-state index in [4.69, 9.17) is 14.9 Å². The van der Waals surface area contributed by atoms with E-state index in [-0.39, 0.29) is 18.0 Å². The second-order valence-electron chi connectivity index (χ2n) is 6.92. The van der Waals surface area contributed by atoms with Crippen molar-refractivity contribution < 1.29 is 13.9 Å². The number of carbonyl (C=O) groups excluding carboxylic acids is 1. The second kappa shape index (κ2) is 6.35. The molecule has 0 bridgehead atoms. The summed E-state index contributed by atoms with van der Waals surface area (Å²) in [7, 11) is 1.68. The Balaban J connectivity index is 1.53. The van der Waals surface area contributed by atoms with Crippen molar-refractivity contribution in [2.75, 3.05) is 25.9 Å². The molecule has 1 aliphatic rings. The Morgan fingerprint density at radius 3 is 2.96 bits per heavy atom. The Hall–Kier alpha value is -3.39. The highest BCUT2D eigenvalue weighted by atomic mass is 16.5. The molecule has 1 aromatic carbocycles. The molecule has 4 heterocycles. The molecule has 3 aromatic heterocycles. The van der Waals surface area contributed by atoms with Crippen LogP contribution in [0.4, 0.5) is 6.01 Å². The highest BCUT2D eigenvalue weighted by Gasteiger charge is 2.28. The maximum absolute atomic E-state index is 13.0. The van der Waals surface area contributed by atoms with Crippen molar-refractivity contribution in [3.05, 3.63) is 48.4 Å². The van der Waals surface area contributed by atoms with E-state index in [0.29, 0.717) is 29.9 Å². The van der Waals surface area contributed by atoms with Crippen molar-refractivity contribution in [1.29, 1.82) is 0 Å². The van der Waals surface area contributed by atoms with Crippen molar-refractivity contribution in [2.45, 2.75) is 12.5 Å². The zero-order valence-corrected chi connectivity index (χ0v) is 15.3. The Morgan fingerprint density at radius 1 is 1.29 bits per heavy atom. The van der Waals surface area contributed by atoms with Crippen molar-refractivity contribution in [1.82, 2.24) is 19.3 Å². The third kappa shape index (κ3) is 2.69. The van der Waals surface area contributed by atoms with Crippen LogP contribution in [0.3, 0.4) is 0 Å². The summed E-state index contributed by atoms with van der Waals surface area (Å²) < 4.78 is 12.5. The number of methoxy groups -OCH3 is 1. The van der Waals surface area contributed by atoms with Gasteiger partial charge in [-0.1, -0.05) is 6.07 Å². The molecule has 142 valence electrons. The van der Waals surface area contributed by atoms with Gasteiger partial charge >= 0.3 is 0 Å². The number of amides is 1. The van der Waals surface area contributed by atoms with Crippen molar-refractivity contribution in [3.8, 4) is 11.1 Å². The molecule has 1 amide bonds. The number of aromatic nitrogens is 3. The molecule has 1 atom stereocenters. The van der Waals surface area contributed by atoms with Crippen molar-refractivity contribution >= 4 is 28.7 Å². The Kier molecular flexibility index (Phi) is 3.80. The number of imidazole rings is 1. The first kappa shape index (κ1) is 16.8. The molecule has 0 spiro atoms. The van der Waals surface area contributed by atoms with Crippen LogP contribution in [-0.2, 0) is 4.74 Å². The molecule has 0 unspecified atom stereocenters. The summed E-state index contributed by atoms with van der Waals surface area (Å²) in [4.78, 5) is 23.4. The lowest BCUT2D eigenvalue weighted by Crippen LogP contribution is -2.30. The number of anilines is 1. The van der Waals surface area contributed by atoms with Crippen LogP contribution in [0.2, 0.25) is 0 Å². The standard InChI is InChI=1S/C20H19N5O3/c1-27-14-6-7-24(11-14)19(26)16-9-22-18-5-3-13(10-25(16)18)12-2-4-17-15(8-12)23-20(21)28-17/h2-5,8-10,14H,6-7,11H2,1H3,(H2,21,23)/t14-/m0/s1. The molecule has 28 heavy (non-hydrogen) atoms. The van der Waals surface area contributed by atoms with Crippen LogP contribution in [-0.4, -0.2) is 51.5 Å². The predicted octanol–water partition coefficient (Wildman–Crippen LogP) is 2.59. The number of nitrogens with two attached hydrogens (primary N) is 1. The lowest BCUT2D eigenvalue weighted by molar-refractivity contribution is 0.0718.